The summed E-state index contributed by atoms with van der Waals surface area (Å²) in [5.41, 5.74) is -0.872. The molecule has 0 bridgehead atoms. The molecule has 0 radical (unpaired) electrons. The minimum atomic E-state index is -4.82. The highest BCUT2D eigenvalue weighted by molar-refractivity contribution is 7.89. The lowest BCUT2D eigenvalue weighted by Gasteiger charge is -2.42. The molecular weight excluding hydrogens is 397 g/mol. The second-order valence-electron chi connectivity index (χ2n) is 7.09. The molecule has 0 atom stereocenters. The molecule has 3 rings (SSSR count). The monoisotopic (exact) mass is 422 g/mol. The fourth-order valence-electron chi connectivity index (χ4n) is 3.78. The summed E-state index contributed by atoms with van der Waals surface area (Å²) >= 11 is 0. The topological polar surface area (TPSA) is 59.1 Å². The Morgan fingerprint density at radius 3 is 2.36 bits per heavy atom. The normalized spacial score (nSPS) is 21.3. The van der Waals surface area contributed by atoms with Crippen LogP contribution in [-0.4, -0.2) is 62.5 Å². The molecule has 0 aromatic heterocycles. The van der Waals surface area contributed by atoms with Crippen LogP contribution in [0.3, 0.4) is 0 Å². The molecule has 2 aliphatic rings. The van der Waals surface area contributed by atoms with E-state index in [1.54, 1.807) is 0 Å². The molecule has 1 aromatic rings. The van der Waals surface area contributed by atoms with Crippen LogP contribution in [0.2, 0.25) is 0 Å². The van der Waals surface area contributed by atoms with Crippen molar-refractivity contribution in [2.75, 3.05) is 32.8 Å². The average molecular weight is 422 g/mol. The molecule has 158 valence electrons. The molecular formula is C18H25F3N2O4S. The molecule has 28 heavy (non-hydrogen) atoms. The van der Waals surface area contributed by atoms with Gasteiger partial charge in [-0.3, -0.25) is 0 Å². The SMILES string of the molecule is CCCCN1CCC2(CC1)OCCN2S(=O)(=O)c1ccc(OC(F)(F)F)cc1. The summed E-state index contributed by atoms with van der Waals surface area (Å²) in [5, 5.41) is 0. The van der Waals surface area contributed by atoms with Crippen LogP contribution in [-0.2, 0) is 14.8 Å². The van der Waals surface area contributed by atoms with Crippen LogP contribution in [0, 0.1) is 0 Å². The number of likely N-dealkylation sites (tertiary alicyclic amines) is 1. The maximum absolute atomic E-state index is 13.1. The van der Waals surface area contributed by atoms with E-state index in [-0.39, 0.29) is 11.4 Å². The van der Waals surface area contributed by atoms with Crippen molar-refractivity contribution in [3.8, 4) is 5.75 Å². The molecule has 2 heterocycles. The first-order valence-corrected chi connectivity index (χ1v) is 10.9. The van der Waals surface area contributed by atoms with E-state index in [1.165, 1.54) is 4.31 Å². The van der Waals surface area contributed by atoms with E-state index in [2.05, 4.69) is 16.6 Å². The molecule has 0 aliphatic carbocycles. The van der Waals surface area contributed by atoms with Gasteiger partial charge in [0.25, 0.3) is 0 Å². The lowest BCUT2D eigenvalue weighted by molar-refractivity contribution is -0.274. The predicted molar refractivity (Wildman–Crippen MR) is 96.3 cm³/mol. The number of rotatable bonds is 6. The van der Waals surface area contributed by atoms with E-state index < -0.39 is 27.9 Å². The minimum Gasteiger partial charge on any atom is -0.406 e. The second-order valence-corrected chi connectivity index (χ2v) is 8.95. The van der Waals surface area contributed by atoms with Gasteiger partial charge in [0.15, 0.2) is 0 Å². The summed E-state index contributed by atoms with van der Waals surface area (Å²) in [4.78, 5) is 2.24. The first-order chi connectivity index (χ1) is 13.2. The van der Waals surface area contributed by atoms with Gasteiger partial charge in [0, 0.05) is 32.5 Å². The van der Waals surface area contributed by atoms with Gasteiger partial charge in [-0.2, -0.15) is 4.31 Å². The number of ether oxygens (including phenoxy) is 2. The summed E-state index contributed by atoms with van der Waals surface area (Å²) in [6, 6.07) is 4.30. The first kappa shape index (κ1) is 21.4. The average Bonchev–Trinajstić information content (AvgIpc) is 3.04. The zero-order valence-electron chi connectivity index (χ0n) is 15.7. The number of hydrogen-bond acceptors (Lipinski definition) is 5. The highest BCUT2D eigenvalue weighted by atomic mass is 32.2. The van der Waals surface area contributed by atoms with Crippen LogP contribution in [0.1, 0.15) is 32.6 Å². The Balaban J connectivity index is 1.74. The second kappa shape index (κ2) is 8.17. The number of hydrogen-bond donors (Lipinski definition) is 0. The van der Waals surface area contributed by atoms with Gasteiger partial charge in [0.2, 0.25) is 10.0 Å². The number of benzene rings is 1. The van der Waals surface area contributed by atoms with Crippen molar-refractivity contribution in [2.24, 2.45) is 0 Å². The summed E-state index contributed by atoms with van der Waals surface area (Å²) in [7, 11) is -3.89. The smallest absolute Gasteiger partial charge is 0.406 e. The number of sulfonamides is 1. The van der Waals surface area contributed by atoms with Gasteiger partial charge in [-0.15, -0.1) is 13.2 Å². The summed E-state index contributed by atoms with van der Waals surface area (Å²) in [5.74, 6) is -0.455. The van der Waals surface area contributed by atoms with E-state index >= 15 is 0 Å². The van der Waals surface area contributed by atoms with Gasteiger partial charge >= 0.3 is 6.36 Å². The Morgan fingerprint density at radius 1 is 1.14 bits per heavy atom. The van der Waals surface area contributed by atoms with Crippen LogP contribution < -0.4 is 4.74 Å². The lowest BCUT2D eigenvalue weighted by Crippen LogP contribution is -2.54. The number of piperidine rings is 1. The first-order valence-electron chi connectivity index (χ1n) is 9.41. The Labute approximate surface area is 163 Å². The Hall–Kier alpha value is -1.36. The Kier molecular flexibility index (Phi) is 6.23. The van der Waals surface area contributed by atoms with Crippen LogP contribution in [0.4, 0.5) is 13.2 Å². The van der Waals surface area contributed by atoms with E-state index in [0.29, 0.717) is 19.4 Å². The maximum Gasteiger partial charge on any atom is 0.573 e. The highest BCUT2D eigenvalue weighted by Crippen LogP contribution is 2.38. The van der Waals surface area contributed by atoms with Crippen molar-refractivity contribution in [2.45, 2.75) is 49.6 Å². The van der Waals surface area contributed by atoms with Crippen molar-refractivity contribution in [1.82, 2.24) is 9.21 Å². The molecule has 6 nitrogen and oxygen atoms in total. The minimum absolute atomic E-state index is 0.0692. The van der Waals surface area contributed by atoms with Gasteiger partial charge in [-0.1, -0.05) is 13.3 Å². The molecule has 2 aliphatic heterocycles. The van der Waals surface area contributed by atoms with Gasteiger partial charge in [0.1, 0.15) is 11.5 Å². The van der Waals surface area contributed by atoms with Crippen LogP contribution >= 0.6 is 0 Å². The standard InChI is InChI=1S/C18H25F3N2O4S/c1-2-3-10-22-11-8-17(9-12-22)23(13-14-26-17)28(24,25)16-6-4-15(5-7-16)27-18(19,20)21/h4-7H,2-3,8-14H2,1H3. The van der Waals surface area contributed by atoms with Crippen LogP contribution in [0.25, 0.3) is 0 Å². The third-order valence-electron chi connectivity index (χ3n) is 5.23. The molecule has 1 spiro atoms. The highest BCUT2D eigenvalue weighted by Gasteiger charge is 2.50. The largest absolute Gasteiger partial charge is 0.573 e. The third kappa shape index (κ3) is 4.61. The van der Waals surface area contributed by atoms with Crippen molar-refractivity contribution < 1.29 is 31.1 Å². The van der Waals surface area contributed by atoms with E-state index in [0.717, 1.165) is 56.7 Å². The van der Waals surface area contributed by atoms with Crippen LogP contribution in [0.15, 0.2) is 29.2 Å². The molecule has 0 amide bonds. The summed E-state index contributed by atoms with van der Waals surface area (Å²) < 4.78 is 74.2. The molecule has 10 heteroatoms. The zero-order chi connectivity index (χ0) is 20.4. The molecule has 2 fully saturated rings. The van der Waals surface area contributed by atoms with Gasteiger partial charge in [-0.05, 0) is 37.2 Å². The Morgan fingerprint density at radius 2 is 1.79 bits per heavy atom. The van der Waals surface area contributed by atoms with E-state index in [9.17, 15) is 21.6 Å². The Bertz CT molecular complexity index is 760. The third-order valence-corrected chi connectivity index (χ3v) is 7.19. The molecule has 0 unspecified atom stereocenters. The van der Waals surface area contributed by atoms with E-state index in [4.69, 9.17) is 4.74 Å². The molecule has 1 aromatic carbocycles. The van der Waals surface area contributed by atoms with Crippen molar-refractivity contribution in [1.29, 1.82) is 0 Å². The fourth-order valence-corrected chi connectivity index (χ4v) is 5.50. The van der Waals surface area contributed by atoms with Crippen LogP contribution in [0.5, 0.6) is 5.75 Å². The lowest BCUT2D eigenvalue weighted by atomic mass is 10.0. The number of alkyl halides is 3. The van der Waals surface area contributed by atoms with Gasteiger partial charge in [-0.25, -0.2) is 8.42 Å². The molecule has 0 saturated carbocycles. The van der Waals surface area contributed by atoms with Gasteiger partial charge in [0.05, 0.1) is 11.5 Å². The van der Waals surface area contributed by atoms with Crippen molar-refractivity contribution in [3.63, 3.8) is 0 Å². The maximum atomic E-state index is 13.1. The zero-order valence-corrected chi connectivity index (χ0v) is 16.6. The number of halogens is 3. The quantitative estimate of drug-likeness (QED) is 0.705. The van der Waals surface area contributed by atoms with E-state index in [1.807, 2.05) is 0 Å². The molecule has 0 N–H and O–H groups in total. The van der Waals surface area contributed by atoms with Gasteiger partial charge < -0.3 is 14.4 Å². The van der Waals surface area contributed by atoms with Crippen molar-refractivity contribution in [3.05, 3.63) is 24.3 Å². The number of nitrogens with zero attached hydrogens (tertiary/aromatic N) is 2. The molecule has 2 saturated heterocycles. The van der Waals surface area contributed by atoms with Crippen molar-refractivity contribution >= 4 is 10.0 Å². The predicted octanol–water partition coefficient (Wildman–Crippen LogP) is 3.20. The summed E-state index contributed by atoms with van der Waals surface area (Å²) in [6.07, 6.45) is -1.47. The number of unbranched alkanes of at least 4 members (excludes halogenated alkanes) is 1. The summed E-state index contributed by atoms with van der Waals surface area (Å²) in [6.45, 7) is 5.17. The fraction of sp³-hybridized carbons (Fsp3) is 0.667.